The van der Waals surface area contributed by atoms with Gasteiger partial charge in [0.25, 0.3) is 0 Å². The monoisotopic (exact) mass is 413 g/mol. The van der Waals surface area contributed by atoms with E-state index in [1.807, 2.05) is 18.7 Å². The molecule has 7 nitrogen and oxygen atoms in total. The number of carboxylic acid groups (broad SMARTS) is 2. The molecular weight excluding hydrogens is 386 g/mol. The first-order chi connectivity index (χ1) is 14.4. The van der Waals surface area contributed by atoms with Gasteiger partial charge in [-0.25, -0.2) is 4.79 Å². The van der Waals surface area contributed by atoms with Crippen molar-refractivity contribution in [1.29, 1.82) is 0 Å². The fraction of sp³-hybridized carbons (Fsp3) is 0.348. The van der Waals surface area contributed by atoms with Gasteiger partial charge < -0.3 is 20.2 Å². The van der Waals surface area contributed by atoms with E-state index >= 15 is 0 Å². The number of aromatic carboxylic acids is 1. The number of phenols is 1. The Morgan fingerprint density at radius 2 is 1.67 bits per heavy atom. The third kappa shape index (κ3) is 5.17. The smallest absolute Gasteiger partial charge is 0.336 e. The van der Waals surface area contributed by atoms with Crippen LogP contribution in [-0.2, 0) is 11.2 Å². The maximum atomic E-state index is 12.9. The van der Waals surface area contributed by atoms with E-state index in [2.05, 4.69) is 0 Å². The van der Waals surface area contributed by atoms with Crippen LogP contribution in [-0.4, -0.2) is 46.1 Å². The Bertz CT molecular complexity index is 937. The normalized spacial score (nSPS) is 12.4. The standard InChI is InChI=1S/C21H21NO6.C2H6/c23-18-12-17-13(5-3-9-22(17)10-4-8-19(24)25)11-16(18)20(26)14-6-1-2-7-15(14)21(27)28;1-2/h1-2,6-7,11-12,23H,3-5,8-10H2,(H,24,25)(H,27,28);1-2H3. The Kier molecular flexibility index (Phi) is 7.98. The first kappa shape index (κ1) is 22.9. The summed E-state index contributed by atoms with van der Waals surface area (Å²) < 4.78 is 0. The number of aromatic hydroxyl groups is 1. The van der Waals surface area contributed by atoms with Crippen molar-refractivity contribution in [2.24, 2.45) is 0 Å². The molecule has 0 fully saturated rings. The minimum absolute atomic E-state index is 0.0272. The van der Waals surface area contributed by atoms with Crippen LogP contribution in [0.3, 0.4) is 0 Å². The van der Waals surface area contributed by atoms with Gasteiger partial charge in [-0.3, -0.25) is 9.59 Å². The van der Waals surface area contributed by atoms with Crippen molar-refractivity contribution < 1.29 is 29.7 Å². The number of phenolic OH excluding ortho intramolecular Hbond substituents is 1. The van der Waals surface area contributed by atoms with Crippen LogP contribution in [0.4, 0.5) is 5.69 Å². The van der Waals surface area contributed by atoms with Crippen molar-refractivity contribution in [2.75, 3.05) is 18.0 Å². The highest BCUT2D eigenvalue weighted by atomic mass is 16.4. The first-order valence-corrected chi connectivity index (χ1v) is 10.1. The average molecular weight is 413 g/mol. The highest BCUT2D eigenvalue weighted by Crippen LogP contribution is 2.34. The molecule has 1 heterocycles. The summed E-state index contributed by atoms with van der Waals surface area (Å²) in [6.07, 6.45) is 2.14. The Morgan fingerprint density at radius 3 is 2.30 bits per heavy atom. The number of hydrogen-bond donors (Lipinski definition) is 3. The summed E-state index contributed by atoms with van der Waals surface area (Å²) in [6, 6.07) is 9.06. The Morgan fingerprint density at radius 1 is 1.00 bits per heavy atom. The number of hydrogen-bond acceptors (Lipinski definition) is 5. The number of fused-ring (bicyclic) bond motifs is 1. The molecule has 2 aromatic rings. The first-order valence-electron chi connectivity index (χ1n) is 10.1. The Hall–Kier alpha value is -3.35. The molecule has 1 aliphatic rings. The molecule has 3 rings (SSSR count). The fourth-order valence-electron chi connectivity index (χ4n) is 3.55. The minimum atomic E-state index is -1.20. The molecule has 0 aliphatic carbocycles. The summed E-state index contributed by atoms with van der Waals surface area (Å²) in [7, 11) is 0. The van der Waals surface area contributed by atoms with Crippen molar-refractivity contribution in [3.05, 3.63) is 58.7 Å². The van der Waals surface area contributed by atoms with Gasteiger partial charge in [0.15, 0.2) is 5.78 Å². The average Bonchev–Trinajstić information content (AvgIpc) is 2.74. The molecule has 0 saturated heterocycles. The van der Waals surface area contributed by atoms with Crippen molar-refractivity contribution >= 4 is 23.4 Å². The van der Waals surface area contributed by atoms with Crippen LogP contribution in [0.15, 0.2) is 36.4 Å². The summed E-state index contributed by atoms with van der Waals surface area (Å²) in [5.74, 6) is -2.81. The number of nitrogens with zero attached hydrogens (tertiary/aromatic N) is 1. The topological polar surface area (TPSA) is 115 Å². The van der Waals surface area contributed by atoms with E-state index in [0.717, 1.165) is 30.6 Å². The molecule has 3 N–H and O–H groups in total. The van der Waals surface area contributed by atoms with Gasteiger partial charge in [0, 0.05) is 36.8 Å². The van der Waals surface area contributed by atoms with Crippen molar-refractivity contribution in [2.45, 2.75) is 39.5 Å². The van der Waals surface area contributed by atoms with Gasteiger partial charge in [-0.2, -0.15) is 0 Å². The molecule has 0 spiro atoms. The number of carbonyl (C=O) groups excluding carboxylic acids is 1. The number of aliphatic carboxylic acids is 1. The van der Waals surface area contributed by atoms with Crippen LogP contribution in [0.25, 0.3) is 0 Å². The van der Waals surface area contributed by atoms with Crippen LogP contribution in [0.2, 0.25) is 0 Å². The van der Waals surface area contributed by atoms with E-state index < -0.39 is 17.7 Å². The number of anilines is 1. The highest BCUT2D eigenvalue weighted by Gasteiger charge is 2.24. The van der Waals surface area contributed by atoms with Crippen LogP contribution in [0.5, 0.6) is 5.75 Å². The molecule has 7 heteroatoms. The van der Waals surface area contributed by atoms with Crippen LogP contribution < -0.4 is 4.90 Å². The minimum Gasteiger partial charge on any atom is -0.507 e. The van der Waals surface area contributed by atoms with E-state index in [-0.39, 0.29) is 28.9 Å². The second kappa shape index (κ2) is 10.4. The Labute approximate surface area is 175 Å². The number of benzene rings is 2. The Balaban J connectivity index is 0.00000155. The third-order valence-electron chi connectivity index (χ3n) is 4.88. The summed E-state index contributed by atoms with van der Waals surface area (Å²) in [4.78, 5) is 37.1. The number of ketones is 1. The van der Waals surface area contributed by atoms with E-state index in [1.54, 1.807) is 18.2 Å². The maximum absolute atomic E-state index is 12.9. The van der Waals surface area contributed by atoms with Crippen LogP contribution >= 0.6 is 0 Å². The van der Waals surface area contributed by atoms with Gasteiger partial charge in [-0.1, -0.05) is 32.0 Å². The molecule has 0 amide bonds. The lowest BCUT2D eigenvalue weighted by Gasteiger charge is -2.31. The quantitative estimate of drug-likeness (QED) is 0.588. The molecule has 160 valence electrons. The summed E-state index contributed by atoms with van der Waals surface area (Å²) in [5, 5.41) is 28.6. The molecule has 0 aromatic heterocycles. The fourth-order valence-corrected chi connectivity index (χ4v) is 3.55. The van der Waals surface area contributed by atoms with E-state index in [4.69, 9.17) is 5.11 Å². The zero-order valence-electron chi connectivity index (χ0n) is 17.2. The van der Waals surface area contributed by atoms with Gasteiger partial charge in [0.2, 0.25) is 0 Å². The van der Waals surface area contributed by atoms with E-state index in [0.29, 0.717) is 13.0 Å². The molecule has 30 heavy (non-hydrogen) atoms. The van der Waals surface area contributed by atoms with E-state index in [9.17, 15) is 24.6 Å². The van der Waals surface area contributed by atoms with Gasteiger partial charge in [-0.15, -0.1) is 0 Å². The zero-order chi connectivity index (χ0) is 22.3. The van der Waals surface area contributed by atoms with Gasteiger partial charge >= 0.3 is 11.9 Å². The number of rotatable bonds is 7. The number of carboxylic acids is 2. The summed E-state index contributed by atoms with van der Waals surface area (Å²) in [5.41, 5.74) is 1.66. The van der Waals surface area contributed by atoms with Crippen molar-refractivity contribution in [1.82, 2.24) is 0 Å². The molecule has 0 atom stereocenters. The van der Waals surface area contributed by atoms with Gasteiger partial charge in [0.1, 0.15) is 5.75 Å². The molecule has 0 unspecified atom stereocenters. The molecule has 0 bridgehead atoms. The van der Waals surface area contributed by atoms with Gasteiger partial charge in [-0.05, 0) is 37.0 Å². The predicted molar refractivity (Wildman–Crippen MR) is 114 cm³/mol. The van der Waals surface area contributed by atoms with Gasteiger partial charge in [0.05, 0.1) is 11.1 Å². The van der Waals surface area contributed by atoms with Crippen molar-refractivity contribution in [3.8, 4) is 5.75 Å². The summed E-state index contributed by atoms with van der Waals surface area (Å²) >= 11 is 0. The summed E-state index contributed by atoms with van der Waals surface area (Å²) in [6.45, 7) is 5.30. The zero-order valence-corrected chi connectivity index (χ0v) is 17.2. The van der Waals surface area contributed by atoms with Crippen molar-refractivity contribution in [3.63, 3.8) is 0 Å². The molecular formula is C23H27NO6. The molecule has 0 saturated carbocycles. The van der Waals surface area contributed by atoms with E-state index in [1.165, 1.54) is 18.2 Å². The SMILES string of the molecule is CC.O=C(O)CCCN1CCCc2cc(C(=O)c3ccccc3C(=O)O)c(O)cc21. The molecule has 1 aliphatic heterocycles. The highest BCUT2D eigenvalue weighted by molar-refractivity contribution is 6.15. The van der Waals surface area contributed by atoms with Crippen LogP contribution in [0.1, 0.15) is 65.0 Å². The second-order valence-corrected chi connectivity index (χ2v) is 6.77. The lowest BCUT2D eigenvalue weighted by Crippen LogP contribution is -2.30. The predicted octanol–water partition coefficient (Wildman–Crippen LogP) is 3.97. The van der Waals surface area contributed by atoms with Crippen LogP contribution in [0, 0.1) is 0 Å². The maximum Gasteiger partial charge on any atom is 0.336 e. The molecule has 0 radical (unpaired) electrons. The lowest BCUT2D eigenvalue weighted by molar-refractivity contribution is -0.137. The lowest BCUT2D eigenvalue weighted by atomic mass is 9.93. The second-order valence-electron chi connectivity index (χ2n) is 6.77. The number of carbonyl (C=O) groups is 3. The number of aryl methyl sites for hydroxylation is 1. The third-order valence-corrected chi connectivity index (χ3v) is 4.88. The molecule has 2 aromatic carbocycles. The largest absolute Gasteiger partial charge is 0.507 e.